The lowest BCUT2D eigenvalue weighted by molar-refractivity contribution is 0.133. The van der Waals surface area contributed by atoms with Crippen LogP contribution in [0.4, 0.5) is 5.82 Å². The fourth-order valence-electron chi connectivity index (χ4n) is 2.37. The summed E-state index contributed by atoms with van der Waals surface area (Å²) in [7, 11) is 0. The van der Waals surface area contributed by atoms with E-state index in [-0.39, 0.29) is 0 Å². The quantitative estimate of drug-likeness (QED) is 0.747. The van der Waals surface area contributed by atoms with E-state index < -0.39 is 0 Å². The number of rotatable bonds is 2. The Morgan fingerprint density at radius 1 is 1.38 bits per heavy atom. The normalized spacial score (nSPS) is 23.6. The van der Waals surface area contributed by atoms with Crippen LogP contribution in [0.1, 0.15) is 23.5 Å². The van der Waals surface area contributed by atoms with Gasteiger partial charge < -0.3 is 15.8 Å². The van der Waals surface area contributed by atoms with Gasteiger partial charge in [-0.2, -0.15) is 0 Å². The van der Waals surface area contributed by atoms with Crippen molar-refractivity contribution in [1.29, 1.82) is 0 Å². The zero-order chi connectivity index (χ0) is 11.0. The average molecular weight is 220 g/mol. The number of nitrogens with zero attached hydrogens (tertiary/aromatic N) is 2. The van der Waals surface area contributed by atoms with Crippen molar-refractivity contribution in [2.75, 3.05) is 18.8 Å². The number of hydrogen-bond donors (Lipinski definition) is 2. The average Bonchev–Trinajstić information content (AvgIpc) is 2.87. The van der Waals surface area contributed by atoms with E-state index in [1.165, 1.54) is 6.42 Å². The highest BCUT2D eigenvalue weighted by molar-refractivity contribution is 5.43. The first-order valence-corrected chi connectivity index (χ1v) is 5.75. The van der Waals surface area contributed by atoms with E-state index in [1.54, 1.807) is 0 Å². The van der Waals surface area contributed by atoms with Crippen molar-refractivity contribution in [2.45, 2.75) is 26.1 Å². The number of anilines is 1. The third kappa shape index (κ3) is 1.76. The molecule has 0 aromatic carbocycles. The Hall–Kier alpha value is -1.20. The molecule has 86 valence electrons. The van der Waals surface area contributed by atoms with Crippen molar-refractivity contribution in [3.8, 4) is 0 Å². The first kappa shape index (κ1) is 9.99. The van der Waals surface area contributed by atoms with Gasteiger partial charge in [-0.1, -0.05) is 0 Å². The number of hydrogen-bond acceptors (Lipinski definition) is 5. The minimum Gasteiger partial charge on any atom is -0.383 e. The molecular weight excluding hydrogens is 204 g/mol. The summed E-state index contributed by atoms with van der Waals surface area (Å²) in [6.45, 7) is 3.31. The fourth-order valence-corrected chi connectivity index (χ4v) is 2.37. The van der Waals surface area contributed by atoms with Gasteiger partial charge >= 0.3 is 0 Å². The van der Waals surface area contributed by atoms with Crippen molar-refractivity contribution >= 4 is 5.82 Å². The van der Waals surface area contributed by atoms with E-state index in [0.717, 1.165) is 36.6 Å². The van der Waals surface area contributed by atoms with Crippen LogP contribution in [-0.4, -0.2) is 23.1 Å². The molecule has 1 fully saturated rings. The molecule has 1 unspecified atom stereocenters. The summed E-state index contributed by atoms with van der Waals surface area (Å²) in [6.07, 6.45) is 2.13. The first-order chi connectivity index (χ1) is 7.83. The van der Waals surface area contributed by atoms with Gasteiger partial charge in [0.2, 0.25) is 0 Å². The molecule has 0 bridgehead atoms. The molecule has 0 spiro atoms. The van der Waals surface area contributed by atoms with Gasteiger partial charge in [0, 0.05) is 12.0 Å². The van der Waals surface area contributed by atoms with Crippen LogP contribution >= 0.6 is 0 Å². The largest absolute Gasteiger partial charge is 0.383 e. The maximum Gasteiger partial charge on any atom is 0.133 e. The van der Waals surface area contributed by atoms with Gasteiger partial charge in [0.15, 0.2) is 0 Å². The van der Waals surface area contributed by atoms with Crippen LogP contribution in [0.15, 0.2) is 0 Å². The molecule has 5 heteroatoms. The van der Waals surface area contributed by atoms with Crippen LogP contribution < -0.4 is 11.1 Å². The lowest BCUT2D eigenvalue weighted by Gasteiger charge is -2.09. The molecule has 0 aliphatic carbocycles. The zero-order valence-electron chi connectivity index (χ0n) is 9.20. The third-order valence-corrected chi connectivity index (χ3v) is 3.29. The molecule has 2 aliphatic heterocycles. The van der Waals surface area contributed by atoms with E-state index in [2.05, 4.69) is 15.3 Å². The number of nitrogens with two attached hydrogens (primary N) is 1. The minimum atomic E-state index is 0.562. The molecule has 1 atom stereocenters. The van der Waals surface area contributed by atoms with E-state index in [4.69, 9.17) is 10.5 Å². The maximum atomic E-state index is 5.90. The maximum absolute atomic E-state index is 5.90. The van der Waals surface area contributed by atoms with E-state index in [9.17, 15) is 0 Å². The highest BCUT2D eigenvalue weighted by atomic mass is 16.5. The predicted octanol–water partition coefficient (Wildman–Crippen LogP) is 0.241. The molecule has 1 aromatic rings. The van der Waals surface area contributed by atoms with Crippen LogP contribution in [0.3, 0.4) is 0 Å². The van der Waals surface area contributed by atoms with Crippen molar-refractivity contribution in [3.05, 3.63) is 17.1 Å². The monoisotopic (exact) mass is 220 g/mol. The number of aromatic nitrogens is 2. The molecule has 0 saturated carbocycles. The molecule has 3 N–H and O–H groups in total. The highest BCUT2D eigenvalue weighted by Crippen LogP contribution is 2.23. The Bertz CT molecular complexity index is 401. The number of fused-ring (bicyclic) bond motifs is 1. The third-order valence-electron chi connectivity index (χ3n) is 3.29. The second kappa shape index (κ2) is 3.99. The topological polar surface area (TPSA) is 73.1 Å². The van der Waals surface area contributed by atoms with E-state index >= 15 is 0 Å². The molecule has 1 aromatic heterocycles. The van der Waals surface area contributed by atoms with Crippen molar-refractivity contribution < 1.29 is 4.74 Å². The predicted molar refractivity (Wildman–Crippen MR) is 59.6 cm³/mol. The van der Waals surface area contributed by atoms with Gasteiger partial charge in [-0.05, 0) is 25.4 Å². The van der Waals surface area contributed by atoms with E-state index in [0.29, 0.717) is 24.9 Å². The van der Waals surface area contributed by atoms with Gasteiger partial charge in [0.25, 0.3) is 0 Å². The Balaban J connectivity index is 1.82. The summed E-state index contributed by atoms with van der Waals surface area (Å²) in [6, 6.07) is 0. The van der Waals surface area contributed by atoms with Gasteiger partial charge in [-0.15, -0.1) is 0 Å². The Morgan fingerprint density at radius 3 is 3.12 bits per heavy atom. The summed E-state index contributed by atoms with van der Waals surface area (Å²) in [5.41, 5.74) is 7.86. The van der Waals surface area contributed by atoms with Crippen LogP contribution in [0.2, 0.25) is 0 Å². The molecule has 3 rings (SSSR count). The Kier molecular flexibility index (Phi) is 2.49. The molecule has 0 amide bonds. The molecule has 3 heterocycles. The lowest BCUT2D eigenvalue weighted by atomic mass is 10.0. The summed E-state index contributed by atoms with van der Waals surface area (Å²) in [5.74, 6) is 2.12. The standard InChI is InChI=1S/C11H16N4O/c12-11-8-5-16-6-9(8)14-10(15-11)3-7-1-2-13-4-7/h7,13H,1-6H2,(H2,12,14,15). The van der Waals surface area contributed by atoms with Crippen LogP contribution in [0, 0.1) is 5.92 Å². The molecule has 5 nitrogen and oxygen atoms in total. The SMILES string of the molecule is Nc1nc(CC2CCNC2)nc2c1COC2. The van der Waals surface area contributed by atoms with Gasteiger partial charge in [0.05, 0.1) is 18.9 Å². The van der Waals surface area contributed by atoms with Crippen LogP contribution in [0.5, 0.6) is 0 Å². The van der Waals surface area contributed by atoms with Crippen molar-refractivity contribution in [1.82, 2.24) is 15.3 Å². The summed E-state index contributed by atoms with van der Waals surface area (Å²) in [5, 5.41) is 3.35. The fraction of sp³-hybridized carbons (Fsp3) is 0.636. The summed E-state index contributed by atoms with van der Waals surface area (Å²) < 4.78 is 5.33. The second-order valence-corrected chi connectivity index (χ2v) is 4.51. The number of ether oxygens (including phenoxy) is 1. The van der Waals surface area contributed by atoms with Crippen LogP contribution in [-0.2, 0) is 24.4 Å². The molecule has 16 heavy (non-hydrogen) atoms. The highest BCUT2D eigenvalue weighted by Gasteiger charge is 2.21. The van der Waals surface area contributed by atoms with Crippen molar-refractivity contribution in [2.24, 2.45) is 5.92 Å². The first-order valence-electron chi connectivity index (χ1n) is 5.75. The summed E-state index contributed by atoms with van der Waals surface area (Å²) in [4.78, 5) is 8.90. The number of nitrogens with one attached hydrogen (secondary N) is 1. The minimum absolute atomic E-state index is 0.562. The molecule has 1 saturated heterocycles. The van der Waals surface area contributed by atoms with E-state index in [1.807, 2.05) is 0 Å². The van der Waals surface area contributed by atoms with Crippen LogP contribution in [0.25, 0.3) is 0 Å². The van der Waals surface area contributed by atoms with Gasteiger partial charge in [-0.25, -0.2) is 9.97 Å². The number of nitrogen functional groups attached to an aromatic ring is 1. The smallest absolute Gasteiger partial charge is 0.133 e. The second-order valence-electron chi connectivity index (χ2n) is 4.51. The molecule has 2 aliphatic rings. The summed E-state index contributed by atoms with van der Waals surface area (Å²) >= 11 is 0. The Morgan fingerprint density at radius 2 is 2.31 bits per heavy atom. The van der Waals surface area contributed by atoms with Gasteiger partial charge in [-0.3, -0.25) is 0 Å². The molecule has 0 radical (unpaired) electrons. The van der Waals surface area contributed by atoms with Crippen molar-refractivity contribution in [3.63, 3.8) is 0 Å². The Labute approximate surface area is 94.4 Å². The lowest BCUT2D eigenvalue weighted by Crippen LogP contribution is -2.14. The molecular formula is C11H16N4O. The van der Waals surface area contributed by atoms with Gasteiger partial charge in [0.1, 0.15) is 11.6 Å². The zero-order valence-corrected chi connectivity index (χ0v) is 9.20.